The Kier molecular flexibility index (Phi) is 5.74. The summed E-state index contributed by atoms with van der Waals surface area (Å²) in [7, 11) is 0. The van der Waals surface area contributed by atoms with Crippen molar-refractivity contribution < 1.29 is 14.3 Å². The largest absolute Gasteiger partial charge is 0.491 e. The summed E-state index contributed by atoms with van der Waals surface area (Å²) < 4.78 is 11.0. The third-order valence-corrected chi connectivity index (χ3v) is 4.71. The van der Waals surface area contributed by atoms with Crippen molar-refractivity contribution >= 4 is 5.91 Å². The van der Waals surface area contributed by atoms with E-state index in [2.05, 4.69) is 22.3 Å². The van der Waals surface area contributed by atoms with Crippen LogP contribution in [0.25, 0.3) is 0 Å². The van der Waals surface area contributed by atoms with Crippen LogP contribution >= 0.6 is 0 Å². The predicted molar refractivity (Wildman–Crippen MR) is 93.2 cm³/mol. The molecule has 0 spiro atoms. The molecule has 1 atom stereocenters. The van der Waals surface area contributed by atoms with Crippen molar-refractivity contribution in [2.24, 2.45) is 5.92 Å². The standard InChI is InChI=1S/C19H28N2O3/c1-14(2)24-18-5-3-15(4-6-18)7-9-20-19(22)16-11-21(12-16)17-8-10-23-13-17/h3-6,14,16-17H,7-13H2,1-2H3,(H,20,22). The first-order chi connectivity index (χ1) is 11.6. The topological polar surface area (TPSA) is 50.8 Å². The minimum atomic E-state index is 0.146. The summed E-state index contributed by atoms with van der Waals surface area (Å²) in [5.41, 5.74) is 1.21. The van der Waals surface area contributed by atoms with Gasteiger partial charge < -0.3 is 14.8 Å². The fraction of sp³-hybridized carbons (Fsp3) is 0.632. The van der Waals surface area contributed by atoms with Crippen molar-refractivity contribution in [2.75, 3.05) is 32.8 Å². The van der Waals surface area contributed by atoms with E-state index in [4.69, 9.17) is 9.47 Å². The SMILES string of the molecule is CC(C)Oc1ccc(CCNC(=O)C2CN(C3CCOC3)C2)cc1. The lowest BCUT2D eigenvalue weighted by Gasteiger charge is -2.41. The molecule has 5 heteroatoms. The van der Waals surface area contributed by atoms with Gasteiger partial charge in [0.15, 0.2) is 0 Å². The molecule has 1 N–H and O–H groups in total. The van der Waals surface area contributed by atoms with E-state index < -0.39 is 0 Å². The van der Waals surface area contributed by atoms with Crippen molar-refractivity contribution in [3.63, 3.8) is 0 Å². The molecule has 2 aliphatic heterocycles. The predicted octanol–water partition coefficient (Wildman–Crippen LogP) is 1.85. The van der Waals surface area contributed by atoms with Gasteiger partial charge in [-0.3, -0.25) is 9.69 Å². The van der Waals surface area contributed by atoms with Crippen molar-refractivity contribution in [2.45, 2.75) is 38.8 Å². The summed E-state index contributed by atoms with van der Waals surface area (Å²) in [5.74, 6) is 1.22. The van der Waals surface area contributed by atoms with Gasteiger partial charge in [0.1, 0.15) is 5.75 Å². The second-order valence-electron chi connectivity index (χ2n) is 7.02. The minimum absolute atomic E-state index is 0.146. The molecule has 132 valence electrons. The van der Waals surface area contributed by atoms with Crippen LogP contribution in [0.5, 0.6) is 5.75 Å². The van der Waals surface area contributed by atoms with E-state index in [1.54, 1.807) is 0 Å². The zero-order valence-corrected chi connectivity index (χ0v) is 14.7. The van der Waals surface area contributed by atoms with E-state index >= 15 is 0 Å². The smallest absolute Gasteiger partial charge is 0.225 e. The summed E-state index contributed by atoms with van der Waals surface area (Å²) >= 11 is 0. The number of amides is 1. The Labute approximate surface area is 144 Å². The van der Waals surface area contributed by atoms with Crippen LogP contribution in [0.4, 0.5) is 0 Å². The van der Waals surface area contributed by atoms with E-state index in [1.165, 1.54) is 5.56 Å². The Bertz CT molecular complexity index is 532. The first-order valence-corrected chi connectivity index (χ1v) is 8.97. The van der Waals surface area contributed by atoms with Crippen molar-refractivity contribution in [3.8, 4) is 5.75 Å². The molecule has 2 saturated heterocycles. The van der Waals surface area contributed by atoms with Crippen LogP contribution in [0.15, 0.2) is 24.3 Å². The zero-order valence-electron chi connectivity index (χ0n) is 14.7. The first-order valence-electron chi connectivity index (χ1n) is 8.97. The Morgan fingerprint density at radius 3 is 2.71 bits per heavy atom. The van der Waals surface area contributed by atoms with Crippen molar-refractivity contribution in [1.29, 1.82) is 0 Å². The highest BCUT2D eigenvalue weighted by atomic mass is 16.5. The molecule has 24 heavy (non-hydrogen) atoms. The van der Waals surface area contributed by atoms with E-state index in [0.29, 0.717) is 12.6 Å². The monoisotopic (exact) mass is 332 g/mol. The van der Waals surface area contributed by atoms with Gasteiger partial charge in [-0.05, 0) is 44.4 Å². The lowest BCUT2D eigenvalue weighted by atomic mass is 9.96. The van der Waals surface area contributed by atoms with Gasteiger partial charge in [0, 0.05) is 32.3 Å². The van der Waals surface area contributed by atoms with Crippen LogP contribution in [-0.4, -0.2) is 55.8 Å². The van der Waals surface area contributed by atoms with Gasteiger partial charge in [-0.1, -0.05) is 12.1 Å². The number of nitrogens with zero attached hydrogens (tertiary/aromatic N) is 1. The number of benzene rings is 1. The van der Waals surface area contributed by atoms with E-state index in [9.17, 15) is 4.79 Å². The van der Waals surface area contributed by atoms with Gasteiger partial charge in [0.05, 0.1) is 18.6 Å². The highest BCUT2D eigenvalue weighted by molar-refractivity contribution is 5.80. The van der Waals surface area contributed by atoms with E-state index in [1.807, 2.05) is 26.0 Å². The van der Waals surface area contributed by atoms with Crippen LogP contribution in [0.3, 0.4) is 0 Å². The van der Waals surface area contributed by atoms with Gasteiger partial charge >= 0.3 is 0 Å². The molecule has 2 aliphatic rings. The quantitative estimate of drug-likeness (QED) is 0.828. The number of likely N-dealkylation sites (tertiary alicyclic amines) is 1. The maximum absolute atomic E-state index is 12.2. The molecule has 0 bridgehead atoms. The molecule has 1 aromatic carbocycles. The minimum Gasteiger partial charge on any atom is -0.491 e. The molecule has 1 unspecified atom stereocenters. The number of hydrogen-bond acceptors (Lipinski definition) is 4. The summed E-state index contributed by atoms with van der Waals surface area (Å²) in [6, 6.07) is 8.64. The molecule has 2 heterocycles. The Balaban J connectivity index is 1.33. The number of ether oxygens (including phenoxy) is 2. The average molecular weight is 332 g/mol. The lowest BCUT2D eigenvalue weighted by molar-refractivity contribution is -0.131. The number of carbonyl (C=O) groups is 1. The second-order valence-corrected chi connectivity index (χ2v) is 7.02. The zero-order chi connectivity index (χ0) is 16.9. The molecule has 0 aliphatic carbocycles. The van der Waals surface area contributed by atoms with Gasteiger partial charge in [-0.15, -0.1) is 0 Å². The van der Waals surface area contributed by atoms with Crippen LogP contribution in [0.1, 0.15) is 25.8 Å². The normalized spacial score (nSPS) is 21.7. The van der Waals surface area contributed by atoms with Gasteiger partial charge in [0.2, 0.25) is 5.91 Å². The third-order valence-electron chi connectivity index (χ3n) is 4.71. The molecule has 0 radical (unpaired) electrons. The molecule has 2 fully saturated rings. The average Bonchev–Trinajstić information content (AvgIpc) is 3.01. The van der Waals surface area contributed by atoms with Gasteiger partial charge in [-0.25, -0.2) is 0 Å². The Morgan fingerprint density at radius 2 is 2.08 bits per heavy atom. The maximum atomic E-state index is 12.2. The summed E-state index contributed by atoms with van der Waals surface area (Å²) in [4.78, 5) is 14.5. The van der Waals surface area contributed by atoms with Crippen molar-refractivity contribution in [1.82, 2.24) is 10.2 Å². The van der Waals surface area contributed by atoms with Crippen LogP contribution < -0.4 is 10.1 Å². The van der Waals surface area contributed by atoms with Gasteiger partial charge in [-0.2, -0.15) is 0 Å². The maximum Gasteiger partial charge on any atom is 0.225 e. The first kappa shape index (κ1) is 17.2. The van der Waals surface area contributed by atoms with Crippen LogP contribution in [0.2, 0.25) is 0 Å². The Hall–Kier alpha value is -1.59. The van der Waals surface area contributed by atoms with E-state index in [-0.39, 0.29) is 17.9 Å². The molecule has 3 rings (SSSR count). The lowest BCUT2D eigenvalue weighted by Crippen LogP contribution is -2.57. The summed E-state index contributed by atoms with van der Waals surface area (Å²) in [5, 5.41) is 3.06. The second kappa shape index (κ2) is 7.99. The molecule has 0 saturated carbocycles. The number of nitrogens with one attached hydrogen (secondary N) is 1. The summed E-state index contributed by atoms with van der Waals surface area (Å²) in [6.07, 6.45) is 2.14. The Morgan fingerprint density at radius 1 is 1.33 bits per heavy atom. The molecular formula is C19H28N2O3. The van der Waals surface area contributed by atoms with Crippen LogP contribution in [0, 0.1) is 5.92 Å². The molecule has 1 amide bonds. The highest BCUT2D eigenvalue weighted by Gasteiger charge is 2.37. The van der Waals surface area contributed by atoms with E-state index in [0.717, 1.165) is 44.9 Å². The fourth-order valence-electron chi connectivity index (χ4n) is 3.27. The summed E-state index contributed by atoms with van der Waals surface area (Å²) in [6.45, 7) is 8.16. The van der Waals surface area contributed by atoms with Crippen LogP contribution in [-0.2, 0) is 16.0 Å². The molecule has 1 aromatic rings. The number of rotatable bonds is 7. The number of hydrogen-bond donors (Lipinski definition) is 1. The van der Waals surface area contributed by atoms with Crippen molar-refractivity contribution in [3.05, 3.63) is 29.8 Å². The van der Waals surface area contributed by atoms with Gasteiger partial charge in [0.25, 0.3) is 0 Å². The number of carbonyl (C=O) groups excluding carboxylic acids is 1. The highest BCUT2D eigenvalue weighted by Crippen LogP contribution is 2.23. The molecule has 5 nitrogen and oxygen atoms in total. The fourth-order valence-corrected chi connectivity index (χ4v) is 3.27. The third kappa shape index (κ3) is 4.48. The molecule has 0 aromatic heterocycles. The molecular weight excluding hydrogens is 304 g/mol.